The molecule has 1 unspecified atom stereocenters. The third-order valence-electron chi connectivity index (χ3n) is 6.81. The molecule has 2 heterocycles. The van der Waals surface area contributed by atoms with Crippen molar-refractivity contribution in [3.8, 4) is 6.07 Å². The fraction of sp³-hybridized carbons (Fsp3) is 0.214. The highest BCUT2D eigenvalue weighted by atomic mass is 19.4. The molecule has 198 valence electrons. The monoisotopic (exact) mass is 534 g/mol. The fourth-order valence-corrected chi connectivity index (χ4v) is 4.97. The molecule has 0 saturated carbocycles. The van der Waals surface area contributed by atoms with Crippen molar-refractivity contribution in [1.82, 2.24) is 10.2 Å². The van der Waals surface area contributed by atoms with E-state index in [2.05, 4.69) is 5.32 Å². The van der Waals surface area contributed by atoms with Gasteiger partial charge in [0.25, 0.3) is 5.91 Å². The third-order valence-corrected chi connectivity index (χ3v) is 6.81. The highest BCUT2D eigenvalue weighted by molar-refractivity contribution is 6.09. The van der Waals surface area contributed by atoms with Crippen molar-refractivity contribution in [2.24, 2.45) is 0 Å². The van der Waals surface area contributed by atoms with E-state index in [9.17, 15) is 32.8 Å². The lowest BCUT2D eigenvalue weighted by atomic mass is 9.89. The van der Waals surface area contributed by atoms with E-state index in [-0.39, 0.29) is 47.6 Å². The summed E-state index contributed by atoms with van der Waals surface area (Å²) < 4.78 is 45.2. The molecule has 0 bridgehead atoms. The van der Waals surface area contributed by atoms with Gasteiger partial charge in [0.05, 0.1) is 41.5 Å². The second-order valence-corrected chi connectivity index (χ2v) is 9.19. The molecule has 0 fully saturated rings. The average molecular weight is 534 g/mol. The van der Waals surface area contributed by atoms with Gasteiger partial charge in [-0.25, -0.2) is 4.79 Å². The molecule has 1 aliphatic heterocycles. The van der Waals surface area contributed by atoms with Gasteiger partial charge in [0, 0.05) is 42.4 Å². The number of urea groups is 1. The molecular formula is C28H21F3N4O4. The minimum atomic E-state index is -4.62. The molecule has 8 nitrogen and oxygen atoms in total. The number of amides is 3. The van der Waals surface area contributed by atoms with Gasteiger partial charge in [0.1, 0.15) is 0 Å². The number of likely N-dealkylation sites (N-methyl/N-ethyl adjacent to an activating group) is 1. The van der Waals surface area contributed by atoms with Crippen LogP contribution in [0.4, 0.5) is 23.7 Å². The van der Waals surface area contributed by atoms with Crippen LogP contribution in [-0.4, -0.2) is 29.7 Å². The molecule has 1 atom stereocenters. The summed E-state index contributed by atoms with van der Waals surface area (Å²) in [6.45, 7) is 0.140. The lowest BCUT2D eigenvalue weighted by Crippen LogP contribution is -2.48. The first-order chi connectivity index (χ1) is 18.6. The average Bonchev–Trinajstić information content (AvgIpc) is 3.58. The topological polar surface area (TPSA) is 107 Å². The molecule has 2 aliphatic rings. The van der Waals surface area contributed by atoms with Crippen molar-refractivity contribution >= 4 is 23.4 Å². The minimum Gasteiger partial charge on any atom is -0.472 e. The summed E-state index contributed by atoms with van der Waals surface area (Å²) in [7, 11) is 1.42. The van der Waals surface area contributed by atoms with E-state index >= 15 is 0 Å². The number of nitriles is 1. The number of carbonyl (C=O) groups is 3. The number of halogens is 3. The van der Waals surface area contributed by atoms with Crippen LogP contribution in [0.5, 0.6) is 0 Å². The van der Waals surface area contributed by atoms with Crippen molar-refractivity contribution in [1.29, 1.82) is 5.26 Å². The van der Waals surface area contributed by atoms with Crippen LogP contribution in [0.25, 0.3) is 0 Å². The van der Waals surface area contributed by atoms with Crippen molar-refractivity contribution in [2.45, 2.75) is 31.6 Å². The van der Waals surface area contributed by atoms with Crippen molar-refractivity contribution in [3.63, 3.8) is 0 Å². The van der Waals surface area contributed by atoms with Gasteiger partial charge in [-0.2, -0.15) is 18.4 Å². The third kappa shape index (κ3) is 4.65. The second kappa shape index (κ2) is 9.79. The molecule has 1 N–H and O–H groups in total. The number of allylic oxidation sites excluding steroid dienone is 1. The Morgan fingerprint density at radius 2 is 1.95 bits per heavy atom. The zero-order valence-corrected chi connectivity index (χ0v) is 20.6. The highest BCUT2D eigenvalue weighted by Crippen LogP contribution is 2.45. The van der Waals surface area contributed by atoms with Crippen LogP contribution in [-0.2, 0) is 17.5 Å². The molecule has 0 spiro atoms. The summed E-state index contributed by atoms with van der Waals surface area (Å²) in [6.07, 6.45) is -1.47. The number of ketones is 1. The molecule has 1 aromatic heterocycles. The Bertz CT molecular complexity index is 1550. The first-order valence-electron chi connectivity index (χ1n) is 11.9. The van der Waals surface area contributed by atoms with Crippen LogP contribution < -0.4 is 10.2 Å². The SMILES string of the molecule is CN1C(=O)N(c2cccc(C(F)(F)F)c2)C2=C(C(=O)CC2)C1c1ccc(C#N)cc1C(=O)NCc1ccoc1. The molecule has 3 aromatic rings. The maximum absolute atomic E-state index is 13.7. The van der Waals surface area contributed by atoms with Gasteiger partial charge in [-0.3, -0.25) is 14.5 Å². The lowest BCUT2D eigenvalue weighted by Gasteiger charge is -2.41. The fourth-order valence-electron chi connectivity index (χ4n) is 4.97. The number of anilines is 1. The minimum absolute atomic E-state index is 0.0137. The van der Waals surface area contributed by atoms with Gasteiger partial charge in [0.15, 0.2) is 5.78 Å². The molecule has 11 heteroatoms. The summed E-state index contributed by atoms with van der Waals surface area (Å²) in [4.78, 5) is 42.5. The van der Waals surface area contributed by atoms with E-state index in [0.29, 0.717) is 16.8 Å². The number of hydrogen-bond acceptors (Lipinski definition) is 5. The number of benzene rings is 2. The predicted octanol–water partition coefficient (Wildman–Crippen LogP) is 5.33. The van der Waals surface area contributed by atoms with Crippen molar-refractivity contribution in [3.05, 3.63) is 100 Å². The predicted molar refractivity (Wildman–Crippen MR) is 132 cm³/mol. The zero-order chi connectivity index (χ0) is 27.9. The Hall–Kier alpha value is -4.85. The summed E-state index contributed by atoms with van der Waals surface area (Å²) in [6, 6.07) is 10.8. The Kier molecular flexibility index (Phi) is 6.48. The Morgan fingerprint density at radius 1 is 1.15 bits per heavy atom. The van der Waals surface area contributed by atoms with E-state index in [1.54, 1.807) is 6.07 Å². The van der Waals surface area contributed by atoms with Crippen molar-refractivity contribution in [2.75, 3.05) is 11.9 Å². The number of nitrogens with one attached hydrogen (secondary N) is 1. The number of carbonyl (C=O) groups excluding carboxylic acids is 3. The van der Waals surface area contributed by atoms with E-state index < -0.39 is 29.7 Å². The largest absolute Gasteiger partial charge is 0.472 e. The van der Waals surface area contributed by atoms with Gasteiger partial charge in [0.2, 0.25) is 0 Å². The number of hydrogen-bond donors (Lipinski definition) is 1. The Balaban J connectivity index is 1.60. The van der Waals surface area contributed by atoms with Crippen LogP contribution in [0.15, 0.2) is 76.7 Å². The Labute approximate surface area is 220 Å². The summed E-state index contributed by atoms with van der Waals surface area (Å²) in [5, 5.41) is 12.2. The van der Waals surface area contributed by atoms with Crippen LogP contribution in [0.2, 0.25) is 0 Å². The van der Waals surface area contributed by atoms with E-state index in [1.165, 1.54) is 54.8 Å². The van der Waals surface area contributed by atoms with E-state index in [1.807, 2.05) is 6.07 Å². The maximum atomic E-state index is 13.7. The normalized spacial score (nSPS) is 17.4. The smallest absolute Gasteiger partial charge is 0.416 e. The van der Waals surface area contributed by atoms with E-state index in [0.717, 1.165) is 17.0 Å². The first-order valence-corrected chi connectivity index (χ1v) is 11.9. The standard InChI is InChI=1S/C28H21F3N4O4/c1-34-25(20-6-5-16(13-32)11-21(20)26(37)33-14-17-9-10-39-15-17)24-22(7-8-23(24)36)35(27(34)38)19-4-2-3-18(12-19)28(29,30)31/h2-6,9-12,15,25H,7-8,14H2,1H3,(H,33,37). The van der Waals surface area contributed by atoms with E-state index in [4.69, 9.17) is 4.42 Å². The first kappa shape index (κ1) is 25.8. The second-order valence-electron chi connectivity index (χ2n) is 9.19. The molecule has 1 aliphatic carbocycles. The summed E-state index contributed by atoms with van der Waals surface area (Å²) in [5.74, 6) is -0.808. The lowest BCUT2D eigenvalue weighted by molar-refractivity contribution is -0.137. The number of nitrogens with zero attached hydrogens (tertiary/aromatic N) is 3. The summed E-state index contributed by atoms with van der Waals surface area (Å²) in [5.41, 5.74) is 0.911. The molecule has 2 aromatic carbocycles. The number of Topliss-reactive ketones (excluding diaryl/α,β-unsaturated/α-hetero) is 1. The molecule has 0 radical (unpaired) electrons. The maximum Gasteiger partial charge on any atom is 0.416 e. The van der Waals surface area contributed by atoms with Gasteiger partial charge in [-0.05, 0) is 48.4 Å². The molecule has 5 rings (SSSR count). The van der Waals surface area contributed by atoms with Crippen LogP contribution >= 0.6 is 0 Å². The van der Waals surface area contributed by atoms with Crippen LogP contribution in [0.3, 0.4) is 0 Å². The van der Waals surface area contributed by atoms with Crippen molar-refractivity contribution < 1.29 is 32.0 Å². The highest BCUT2D eigenvalue weighted by Gasteiger charge is 2.45. The quantitative estimate of drug-likeness (QED) is 0.476. The van der Waals surface area contributed by atoms with Crippen LogP contribution in [0.1, 0.15) is 51.5 Å². The molecule has 39 heavy (non-hydrogen) atoms. The number of furan rings is 1. The zero-order valence-electron chi connectivity index (χ0n) is 20.6. The van der Waals surface area contributed by atoms with Crippen LogP contribution in [0, 0.1) is 11.3 Å². The molecule has 0 saturated heterocycles. The van der Waals surface area contributed by atoms with Gasteiger partial charge >= 0.3 is 12.2 Å². The van der Waals surface area contributed by atoms with Gasteiger partial charge < -0.3 is 14.6 Å². The summed E-state index contributed by atoms with van der Waals surface area (Å²) >= 11 is 0. The number of rotatable bonds is 5. The number of alkyl halides is 3. The Morgan fingerprint density at radius 3 is 2.64 bits per heavy atom. The van der Waals surface area contributed by atoms with Gasteiger partial charge in [-0.15, -0.1) is 0 Å². The molecule has 3 amide bonds. The van der Waals surface area contributed by atoms with Gasteiger partial charge in [-0.1, -0.05) is 12.1 Å². The molecular weight excluding hydrogens is 513 g/mol.